The van der Waals surface area contributed by atoms with Gasteiger partial charge in [-0.15, -0.1) is 0 Å². The number of anilines is 1. The van der Waals surface area contributed by atoms with Gasteiger partial charge in [0.2, 0.25) is 10.0 Å². The summed E-state index contributed by atoms with van der Waals surface area (Å²) in [4.78, 5) is 11.9. The van der Waals surface area contributed by atoms with Gasteiger partial charge in [0.05, 0.1) is 17.2 Å². The molecule has 0 radical (unpaired) electrons. The van der Waals surface area contributed by atoms with Gasteiger partial charge in [0, 0.05) is 31.5 Å². The molecule has 11 heteroatoms. The van der Waals surface area contributed by atoms with Crippen LogP contribution in [0.25, 0.3) is 0 Å². The first-order valence-corrected chi connectivity index (χ1v) is 11.2. The minimum atomic E-state index is -4.31. The van der Waals surface area contributed by atoms with E-state index in [1.165, 1.54) is 19.2 Å². The average Bonchev–Trinajstić information content (AvgIpc) is 2.92. The third-order valence-electron chi connectivity index (χ3n) is 5.01. The summed E-state index contributed by atoms with van der Waals surface area (Å²) in [5, 5.41) is 12.3. The number of ether oxygens (including phenoxy) is 1. The highest BCUT2D eigenvalue weighted by molar-refractivity contribution is 7.89. The van der Waals surface area contributed by atoms with E-state index in [0.29, 0.717) is 12.8 Å². The maximum absolute atomic E-state index is 14.5. The fourth-order valence-electron chi connectivity index (χ4n) is 3.28. The summed E-state index contributed by atoms with van der Waals surface area (Å²) in [7, 11) is -2.95. The zero-order chi connectivity index (χ0) is 22.8. The van der Waals surface area contributed by atoms with Gasteiger partial charge < -0.3 is 15.2 Å². The molecule has 1 aliphatic heterocycles. The lowest BCUT2D eigenvalue weighted by molar-refractivity contribution is -0.0140. The van der Waals surface area contributed by atoms with Crippen molar-refractivity contribution in [2.45, 2.75) is 29.9 Å². The van der Waals surface area contributed by atoms with Crippen molar-refractivity contribution >= 4 is 33.2 Å². The van der Waals surface area contributed by atoms with Gasteiger partial charge in [-0.2, -0.15) is 4.31 Å². The van der Waals surface area contributed by atoms with Gasteiger partial charge in [-0.1, -0.05) is 11.6 Å². The Hall–Kier alpha value is -2.11. The summed E-state index contributed by atoms with van der Waals surface area (Å²) < 4.78 is 60.2. The number of rotatable bonds is 5. The Morgan fingerprint density at radius 2 is 1.94 bits per heavy atom. The first-order valence-electron chi connectivity index (χ1n) is 9.40. The molecule has 168 valence electrons. The molecule has 1 saturated heterocycles. The summed E-state index contributed by atoms with van der Waals surface area (Å²) >= 11 is 5.69. The smallest absolute Gasteiger partial charge is 0.255 e. The molecule has 3 rings (SSSR count). The average molecular weight is 475 g/mol. The number of amides is 1. The molecular formula is C20H21ClF2N2O5S. The van der Waals surface area contributed by atoms with Gasteiger partial charge in [-0.3, -0.25) is 4.79 Å². The van der Waals surface area contributed by atoms with Gasteiger partial charge in [-0.25, -0.2) is 17.2 Å². The summed E-state index contributed by atoms with van der Waals surface area (Å²) in [5.41, 5.74) is 0.0770. The van der Waals surface area contributed by atoms with Crippen molar-refractivity contribution in [3.05, 3.63) is 58.6 Å². The molecule has 2 aromatic carbocycles. The van der Waals surface area contributed by atoms with Crippen LogP contribution in [-0.4, -0.2) is 56.1 Å². The minimum Gasteiger partial charge on any atom is -0.390 e. The van der Waals surface area contributed by atoms with Crippen molar-refractivity contribution in [2.24, 2.45) is 0 Å². The van der Waals surface area contributed by atoms with Gasteiger partial charge in [0.15, 0.2) is 0 Å². The van der Waals surface area contributed by atoms with E-state index in [4.69, 9.17) is 16.3 Å². The first kappa shape index (κ1) is 23.6. The molecule has 7 nitrogen and oxygen atoms in total. The van der Waals surface area contributed by atoms with E-state index in [1.54, 1.807) is 0 Å². The Kier molecular flexibility index (Phi) is 7.28. The van der Waals surface area contributed by atoms with E-state index in [-0.39, 0.29) is 29.4 Å². The summed E-state index contributed by atoms with van der Waals surface area (Å²) in [6.07, 6.45) is -0.881. The number of carbonyl (C=O) groups is 1. The van der Waals surface area contributed by atoms with Crippen molar-refractivity contribution < 1.29 is 31.8 Å². The largest absolute Gasteiger partial charge is 0.390 e. The van der Waals surface area contributed by atoms with Crippen LogP contribution < -0.4 is 5.32 Å². The van der Waals surface area contributed by atoms with Crippen LogP contribution in [0.2, 0.25) is 5.02 Å². The lowest BCUT2D eigenvalue weighted by Crippen LogP contribution is -2.41. The van der Waals surface area contributed by atoms with E-state index in [1.807, 2.05) is 0 Å². The molecule has 31 heavy (non-hydrogen) atoms. The Morgan fingerprint density at radius 1 is 1.23 bits per heavy atom. The van der Waals surface area contributed by atoms with Gasteiger partial charge in [0.1, 0.15) is 16.5 Å². The van der Waals surface area contributed by atoms with Crippen LogP contribution in [0.4, 0.5) is 14.5 Å². The molecule has 1 heterocycles. The minimum absolute atomic E-state index is 0.0726. The second-order valence-corrected chi connectivity index (χ2v) is 9.39. The first-order chi connectivity index (χ1) is 14.6. The molecule has 0 aliphatic carbocycles. The molecule has 1 amide bonds. The Balaban J connectivity index is 1.88. The molecule has 0 spiro atoms. The number of nitrogens with one attached hydrogen (secondary N) is 1. The third kappa shape index (κ3) is 5.21. The van der Waals surface area contributed by atoms with E-state index >= 15 is 0 Å². The van der Waals surface area contributed by atoms with Crippen LogP contribution in [-0.2, 0) is 14.8 Å². The highest BCUT2D eigenvalue weighted by Gasteiger charge is 2.34. The normalized spacial score (nSPS) is 20.3. The van der Waals surface area contributed by atoms with E-state index < -0.39 is 44.7 Å². The van der Waals surface area contributed by atoms with E-state index in [9.17, 15) is 27.1 Å². The van der Waals surface area contributed by atoms with Crippen molar-refractivity contribution in [1.29, 1.82) is 0 Å². The van der Waals surface area contributed by atoms with Crippen molar-refractivity contribution in [3.63, 3.8) is 0 Å². The molecule has 2 atom stereocenters. The molecule has 1 aliphatic rings. The zero-order valence-corrected chi connectivity index (χ0v) is 18.1. The zero-order valence-electron chi connectivity index (χ0n) is 16.5. The van der Waals surface area contributed by atoms with Crippen molar-refractivity contribution in [3.8, 4) is 0 Å². The predicted molar refractivity (Wildman–Crippen MR) is 111 cm³/mol. The van der Waals surface area contributed by atoms with Gasteiger partial charge in [-0.05, 0) is 49.2 Å². The molecular weight excluding hydrogens is 454 g/mol. The van der Waals surface area contributed by atoms with Crippen LogP contribution in [0.1, 0.15) is 23.2 Å². The fraction of sp³-hybridized carbons (Fsp3) is 0.350. The van der Waals surface area contributed by atoms with Gasteiger partial charge >= 0.3 is 0 Å². The number of nitrogens with zero attached hydrogens (tertiary/aromatic N) is 1. The second-order valence-electron chi connectivity index (χ2n) is 7.07. The highest BCUT2D eigenvalue weighted by atomic mass is 35.5. The number of halogens is 3. The quantitative estimate of drug-likeness (QED) is 0.694. The lowest BCUT2D eigenvalue weighted by Gasteiger charge is -2.25. The maximum Gasteiger partial charge on any atom is 0.255 e. The van der Waals surface area contributed by atoms with Crippen LogP contribution in [0.3, 0.4) is 0 Å². The number of aliphatic hydroxyl groups excluding tert-OH is 1. The second kappa shape index (κ2) is 9.58. The number of benzene rings is 2. The number of aliphatic hydroxyl groups is 1. The van der Waals surface area contributed by atoms with Crippen LogP contribution in [0.5, 0.6) is 0 Å². The number of hydrogen-bond acceptors (Lipinski definition) is 5. The van der Waals surface area contributed by atoms with Crippen molar-refractivity contribution in [1.82, 2.24) is 4.31 Å². The molecule has 2 N–H and O–H groups in total. The lowest BCUT2D eigenvalue weighted by atomic mass is 10.1. The van der Waals surface area contributed by atoms with E-state index in [0.717, 1.165) is 28.6 Å². The number of carbonyl (C=O) groups excluding carboxylic acids is 1. The van der Waals surface area contributed by atoms with Crippen LogP contribution >= 0.6 is 11.6 Å². The standard InChI is InChI=1S/C20H21ClF2N2O5S/c1-30-18-11-25(8-2-3-17(18)26)31(28,29)19-9-12(4-6-16(19)23)20(27)24-13-5-7-15(22)14(21)10-13/h4-7,9-10,17-18,26H,2-3,8,11H2,1H3,(H,24,27). The summed E-state index contributed by atoms with van der Waals surface area (Å²) in [6.45, 7) is -0.0763. The number of sulfonamides is 1. The number of methoxy groups -OCH3 is 1. The molecule has 1 fully saturated rings. The highest BCUT2D eigenvalue weighted by Crippen LogP contribution is 2.26. The summed E-state index contributed by atoms with van der Waals surface area (Å²) in [6, 6.07) is 6.52. The predicted octanol–water partition coefficient (Wildman–Crippen LogP) is 3.03. The van der Waals surface area contributed by atoms with Crippen LogP contribution in [0, 0.1) is 11.6 Å². The SMILES string of the molecule is COC1CN(S(=O)(=O)c2cc(C(=O)Nc3ccc(F)c(Cl)c3)ccc2F)CCCC1O. The van der Waals surface area contributed by atoms with Crippen LogP contribution in [0.15, 0.2) is 41.3 Å². The molecule has 0 aromatic heterocycles. The van der Waals surface area contributed by atoms with Gasteiger partial charge in [0.25, 0.3) is 5.91 Å². The third-order valence-corrected chi connectivity index (χ3v) is 7.18. The topological polar surface area (TPSA) is 95.9 Å². The molecule has 2 aromatic rings. The molecule has 2 unspecified atom stereocenters. The Labute approximate surface area is 183 Å². The molecule has 0 saturated carbocycles. The monoisotopic (exact) mass is 474 g/mol. The van der Waals surface area contributed by atoms with E-state index in [2.05, 4.69) is 5.32 Å². The number of hydrogen-bond donors (Lipinski definition) is 2. The molecule has 0 bridgehead atoms. The Bertz CT molecular complexity index is 1080. The van der Waals surface area contributed by atoms with Crippen molar-refractivity contribution in [2.75, 3.05) is 25.5 Å². The Morgan fingerprint density at radius 3 is 2.61 bits per heavy atom. The summed E-state index contributed by atoms with van der Waals surface area (Å²) in [5.74, 6) is -2.40. The maximum atomic E-state index is 14.5. The fourth-order valence-corrected chi connectivity index (χ4v) is 5.05.